The van der Waals surface area contributed by atoms with Crippen LogP contribution in [-0.4, -0.2) is 29.2 Å². The molecule has 0 amide bonds. The van der Waals surface area contributed by atoms with E-state index in [0.29, 0.717) is 33.9 Å². The molecule has 0 spiro atoms. The summed E-state index contributed by atoms with van der Waals surface area (Å²) in [6.07, 6.45) is 5.14. The first-order valence-corrected chi connectivity index (χ1v) is 11.1. The van der Waals surface area contributed by atoms with Crippen molar-refractivity contribution in [3.63, 3.8) is 0 Å². The van der Waals surface area contributed by atoms with E-state index in [2.05, 4.69) is 37.3 Å². The molecule has 5 rings (SSSR count). The van der Waals surface area contributed by atoms with Crippen molar-refractivity contribution in [2.75, 3.05) is 12.4 Å². The highest BCUT2D eigenvalue weighted by molar-refractivity contribution is 6.03. The molecule has 0 bridgehead atoms. The summed E-state index contributed by atoms with van der Waals surface area (Å²) in [6, 6.07) is 11.5. The minimum atomic E-state index is -0.444. The Morgan fingerprint density at radius 1 is 1.06 bits per heavy atom. The van der Waals surface area contributed by atoms with Crippen LogP contribution in [0.25, 0.3) is 28.5 Å². The summed E-state index contributed by atoms with van der Waals surface area (Å²) in [7, 11) is 1.51. The van der Waals surface area contributed by atoms with Gasteiger partial charge in [0.2, 0.25) is 0 Å². The number of ether oxygens (including phenoxy) is 2. The fourth-order valence-corrected chi connectivity index (χ4v) is 4.94. The Morgan fingerprint density at radius 3 is 2.60 bits per heavy atom. The second-order valence-corrected chi connectivity index (χ2v) is 9.20. The number of allylic oxidation sites excluding steroid dienone is 1. The molecular weight excluding hydrogens is 447 g/mol. The lowest BCUT2D eigenvalue weighted by Gasteiger charge is -2.35. The summed E-state index contributed by atoms with van der Waals surface area (Å²) < 4.78 is 25.9. The number of phenolic OH excluding ortho intramolecular Hbond substituents is 1. The minimum Gasteiger partial charge on any atom is -0.504 e. The van der Waals surface area contributed by atoms with Crippen LogP contribution in [-0.2, 0) is 0 Å². The number of rotatable bonds is 3. The molecule has 7 heteroatoms. The second-order valence-electron chi connectivity index (χ2n) is 9.20. The van der Waals surface area contributed by atoms with Crippen LogP contribution in [0.1, 0.15) is 43.0 Å². The maximum Gasteiger partial charge on any atom is 0.172 e. The van der Waals surface area contributed by atoms with Crippen molar-refractivity contribution >= 4 is 29.3 Å². The summed E-state index contributed by atoms with van der Waals surface area (Å²) in [5.41, 5.74) is 6.04. The molecule has 0 aliphatic carbocycles. The van der Waals surface area contributed by atoms with Gasteiger partial charge in [-0.2, -0.15) is 0 Å². The SMILES string of the molecule is COc1c(O)ccc2c1-c1ccc3c(c1/C(=C\c1ccc(F)cc1/C=N\O)O2)C(C)=CC(C)(C)N3. The molecule has 6 nitrogen and oxygen atoms in total. The van der Waals surface area contributed by atoms with Crippen molar-refractivity contribution in [1.82, 2.24) is 0 Å². The predicted octanol–water partition coefficient (Wildman–Crippen LogP) is 6.51. The van der Waals surface area contributed by atoms with Crippen molar-refractivity contribution in [1.29, 1.82) is 0 Å². The zero-order valence-corrected chi connectivity index (χ0v) is 19.8. The molecule has 35 heavy (non-hydrogen) atoms. The van der Waals surface area contributed by atoms with Crippen LogP contribution < -0.4 is 14.8 Å². The maximum atomic E-state index is 13.9. The van der Waals surface area contributed by atoms with Gasteiger partial charge < -0.3 is 25.1 Å². The number of aromatic hydroxyl groups is 1. The number of halogens is 1. The van der Waals surface area contributed by atoms with Gasteiger partial charge in [0.15, 0.2) is 11.5 Å². The molecule has 2 aliphatic heterocycles. The Hall–Kier alpha value is -4.26. The Kier molecular flexibility index (Phi) is 5.28. The summed E-state index contributed by atoms with van der Waals surface area (Å²) in [5, 5.41) is 26.2. The molecule has 0 fully saturated rings. The molecule has 0 atom stereocenters. The van der Waals surface area contributed by atoms with E-state index in [1.807, 2.05) is 12.1 Å². The first-order chi connectivity index (χ1) is 16.7. The van der Waals surface area contributed by atoms with E-state index >= 15 is 0 Å². The van der Waals surface area contributed by atoms with E-state index in [1.165, 1.54) is 31.5 Å². The van der Waals surface area contributed by atoms with E-state index < -0.39 is 5.82 Å². The largest absolute Gasteiger partial charge is 0.504 e. The van der Waals surface area contributed by atoms with E-state index in [4.69, 9.17) is 14.7 Å². The number of nitrogens with one attached hydrogen (secondary N) is 1. The number of hydrogen-bond donors (Lipinski definition) is 3. The van der Waals surface area contributed by atoms with Crippen LogP contribution in [0.5, 0.6) is 17.2 Å². The smallest absolute Gasteiger partial charge is 0.172 e. The highest BCUT2D eigenvalue weighted by Crippen LogP contribution is 2.54. The molecule has 178 valence electrons. The topological polar surface area (TPSA) is 83.3 Å². The lowest BCUT2D eigenvalue weighted by molar-refractivity contribution is 0.322. The van der Waals surface area contributed by atoms with Crippen LogP contribution in [0.2, 0.25) is 0 Å². The van der Waals surface area contributed by atoms with Gasteiger partial charge in [0, 0.05) is 27.9 Å². The van der Waals surface area contributed by atoms with E-state index in [9.17, 15) is 9.50 Å². The van der Waals surface area contributed by atoms with E-state index in [-0.39, 0.29) is 11.3 Å². The molecule has 0 aromatic heterocycles. The summed E-state index contributed by atoms with van der Waals surface area (Å²) >= 11 is 0. The molecule has 3 aromatic carbocycles. The minimum absolute atomic E-state index is 0.0115. The number of anilines is 1. The first-order valence-electron chi connectivity index (χ1n) is 11.1. The highest BCUT2D eigenvalue weighted by atomic mass is 19.1. The Balaban J connectivity index is 1.84. The van der Waals surface area contributed by atoms with Gasteiger partial charge in [0.05, 0.1) is 24.4 Å². The molecule has 3 N–H and O–H groups in total. The quantitative estimate of drug-likeness (QED) is 0.230. The number of benzene rings is 3. The van der Waals surface area contributed by atoms with Crippen molar-refractivity contribution in [3.8, 4) is 28.4 Å². The maximum absolute atomic E-state index is 13.9. The fourth-order valence-electron chi connectivity index (χ4n) is 4.94. The Bertz CT molecular complexity index is 1450. The Morgan fingerprint density at radius 2 is 1.86 bits per heavy atom. The third-order valence-corrected chi connectivity index (χ3v) is 6.20. The van der Waals surface area contributed by atoms with E-state index in [1.54, 1.807) is 18.2 Å². The first kappa shape index (κ1) is 22.5. The van der Waals surface area contributed by atoms with Crippen molar-refractivity contribution < 1.29 is 24.2 Å². The van der Waals surface area contributed by atoms with Crippen LogP contribution in [0.3, 0.4) is 0 Å². The van der Waals surface area contributed by atoms with Crippen LogP contribution in [0, 0.1) is 5.82 Å². The van der Waals surface area contributed by atoms with Crippen LogP contribution in [0.15, 0.2) is 53.7 Å². The number of methoxy groups -OCH3 is 1. The number of hydrogen-bond acceptors (Lipinski definition) is 6. The third-order valence-electron chi connectivity index (χ3n) is 6.20. The van der Waals surface area contributed by atoms with Gasteiger partial charge in [-0.15, -0.1) is 0 Å². The molecule has 0 saturated heterocycles. The third kappa shape index (κ3) is 3.79. The van der Waals surface area contributed by atoms with Gasteiger partial charge in [0.1, 0.15) is 17.3 Å². The van der Waals surface area contributed by atoms with Gasteiger partial charge in [-0.05, 0) is 68.3 Å². The van der Waals surface area contributed by atoms with Gasteiger partial charge >= 0.3 is 0 Å². The monoisotopic (exact) mass is 472 g/mol. The fraction of sp³-hybridized carbons (Fsp3) is 0.179. The van der Waals surface area contributed by atoms with Crippen molar-refractivity contribution in [2.45, 2.75) is 26.3 Å². The summed E-state index contributed by atoms with van der Waals surface area (Å²) in [6.45, 7) is 6.25. The number of nitrogens with zero attached hydrogens (tertiary/aromatic N) is 1. The van der Waals surface area contributed by atoms with Crippen LogP contribution in [0.4, 0.5) is 10.1 Å². The zero-order valence-electron chi connectivity index (χ0n) is 19.8. The molecule has 0 radical (unpaired) electrons. The molecule has 2 heterocycles. The molecule has 0 saturated carbocycles. The molecule has 2 aliphatic rings. The number of fused-ring (bicyclic) bond motifs is 5. The zero-order chi connectivity index (χ0) is 24.9. The molecule has 3 aromatic rings. The van der Waals surface area contributed by atoms with Crippen LogP contribution >= 0.6 is 0 Å². The van der Waals surface area contributed by atoms with Gasteiger partial charge in [-0.25, -0.2) is 4.39 Å². The second kappa shape index (κ2) is 8.20. The summed E-state index contributed by atoms with van der Waals surface area (Å²) in [4.78, 5) is 0. The average molecular weight is 473 g/mol. The standard InChI is InChI=1S/C28H25FN2O4/c1-15-13-28(2,3)31-20-8-7-19-25(24(15)20)23(12-16-5-6-18(29)11-17(16)14-30-33)35-22-10-9-21(32)27(34-4)26(19)22/h5-14,31-33H,1-4H3/b23-12+,30-14-. The average Bonchev–Trinajstić information content (AvgIpc) is 2.80. The van der Waals surface area contributed by atoms with Crippen molar-refractivity contribution in [3.05, 3.63) is 76.6 Å². The number of phenols is 1. The molecule has 0 unspecified atom stereocenters. The van der Waals surface area contributed by atoms with Gasteiger partial charge in [-0.1, -0.05) is 23.4 Å². The van der Waals surface area contributed by atoms with Crippen molar-refractivity contribution in [2.24, 2.45) is 5.16 Å². The lowest BCUT2D eigenvalue weighted by Crippen LogP contribution is -2.32. The van der Waals surface area contributed by atoms with Gasteiger partial charge in [0.25, 0.3) is 0 Å². The summed E-state index contributed by atoms with van der Waals surface area (Å²) in [5.74, 6) is 0.940. The lowest BCUT2D eigenvalue weighted by atomic mass is 9.82. The van der Waals surface area contributed by atoms with E-state index in [0.717, 1.165) is 28.0 Å². The highest BCUT2D eigenvalue weighted by Gasteiger charge is 2.33. The molecular formula is C28H25FN2O4. The normalized spacial score (nSPS) is 16.6. The van der Waals surface area contributed by atoms with Gasteiger partial charge in [-0.3, -0.25) is 0 Å². The number of oxime groups is 1. The Labute approximate surface area is 202 Å². The predicted molar refractivity (Wildman–Crippen MR) is 136 cm³/mol.